The lowest BCUT2D eigenvalue weighted by Crippen LogP contribution is -2.46. The van der Waals surface area contributed by atoms with E-state index in [2.05, 4.69) is 44.0 Å². The van der Waals surface area contributed by atoms with Crippen LogP contribution in [0.5, 0.6) is 0 Å². The summed E-state index contributed by atoms with van der Waals surface area (Å²) in [5, 5.41) is 0. The highest BCUT2D eigenvalue weighted by atomic mass is 16.2. The number of hydrogen-bond donors (Lipinski definition) is 0. The largest absolute Gasteiger partial charge is 0.338 e. The van der Waals surface area contributed by atoms with Crippen molar-refractivity contribution in [3.8, 4) is 0 Å². The first-order valence-corrected chi connectivity index (χ1v) is 9.87. The van der Waals surface area contributed by atoms with Crippen LogP contribution in [0, 0.1) is 0 Å². The lowest BCUT2D eigenvalue weighted by Gasteiger charge is -2.34. The lowest BCUT2D eigenvalue weighted by atomic mass is 10.2. The molecule has 0 saturated carbocycles. The second-order valence-corrected chi connectivity index (χ2v) is 7.22. The number of hydrogen-bond acceptors (Lipinski definition) is 5. The van der Waals surface area contributed by atoms with Crippen LogP contribution in [0.2, 0.25) is 0 Å². The average molecular weight is 387 g/mol. The molecular weight excluding hydrogens is 362 g/mol. The Morgan fingerprint density at radius 2 is 1.48 bits per heavy atom. The summed E-state index contributed by atoms with van der Waals surface area (Å²) in [7, 11) is 1.76. The summed E-state index contributed by atoms with van der Waals surface area (Å²) in [5.41, 5.74) is 2.67. The molecule has 4 rings (SSSR count). The van der Waals surface area contributed by atoms with Gasteiger partial charge in [0.2, 0.25) is 5.95 Å². The highest BCUT2D eigenvalue weighted by Gasteiger charge is 2.20. The van der Waals surface area contributed by atoms with Gasteiger partial charge in [-0.25, -0.2) is 9.97 Å². The highest BCUT2D eigenvalue weighted by molar-refractivity contribution is 6.05. The van der Waals surface area contributed by atoms with Gasteiger partial charge in [0.1, 0.15) is 0 Å². The van der Waals surface area contributed by atoms with Crippen molar-refractivity contribution < 1.29 is 4.79 Å². The Morgan fingerprint density at radius 1 is 0.897 bits per heavy atom. The zero-order chi connectivity index (χ0) is 20.1. The summed E-state index contributed by atoms with van der Waals surface area (Å²) in [4.78, 5) is 27.8. The molecule has 2 heterocycles. The van der Waals surface area contributed by atoms with E-state index in [1.807, 2.05) is 36.4 Å². The predicted molar refractivity (Wildman–Crippen MR) is 115 cm³/mol. The summed E-state index contributed by atoms with van der Waals surface area (Å²) in [6, 6.07) is 20.1. The molecule has 0 N–H and O–H groups in total. The Morgan fingerprint density at radius 3 is 2.10 bits per heavy atom. The van der Waals surface area contributed by atoms with Crippen LogP contribution in [0.15, 0.2) is 73.1 Å². The van der Waals surface area contributed by atoms with Crippen LogP contribution < -0.4 is 9.80 Å². The molecular formula is C23H25N5O. The second kappa shape index (κ2) is 8.84. The van der Waals surface area contributed by atoms with E-state index in [0.29, 0.717) is 11.5 Å². The molecule has 0 spiro atoms. The van der Waals surface area contributed by atoms with E-state index in [-0.39, 0.29) is 5.91 Å². The van der Waals surface area contributed by atoms with Crippen LogP contribution in [0.4, 0.5) is 11.6 Å². The van der Waals surface area contributed by atoms with Gasteiger partial charge in [-0.3, -0.25) is 9.69 Å². The number of amides is 1. The number of rotatable bonds is 5. The first-order valence-electron chi connectivity index (χ1n) is 9.87. The van der Waals surface area contributed by atoms with Crippen LogP contribution in [-0.4, -0.2) is 54.0 Å². The van der Waals surface area contributed by atoms with Gasteiger partial charge in [-0.15, -0.1) is 0 Å². The van der Waals surface area contributed by atoms with Gasteiger partial charge in [-0.05, 0) is 17.7 Å². The molecule has 3 aromatic rings. The molecule has 0 aliphatic carbocycles. The third kappa shape index (κ3) is 4.60. The van der Waals surface area contributed by atoms with Crippen LogP contribution in [0.1, 0.15) is 15.9 Å². The van der Waals surface area contributed by atoms with Gasteiger partial charge in [0.15, 0.2) is 0 Å². The van der Waals surface area contributed by atoms with E-state index < -0.39 is 0 Å². The molecule has 0 atom stereocenters. The van der Waals surface area contributed by atoms with Gasteiger partial charge < -0.3 is 9.80 Å². The zero-order valence-electron chi connectivity index (χ0n) is 16.6. The van der Waals surface area contributed by atoms with E-state index in [9.17, 15) is 4.79 Å². The van der Waals surface area contributed by atoms with Crippen molar-refractivity contribution in [1.29, 1.82) is 0 Å². The third-order valence-electron chi connectivity index (χ3n) is 5.24. The Hall–Kier alpha value is -3.25. The maximum absolute atomic E-state index is 12.7. The molecule has 0 radical (unpaired) electrons. The quantitative estimate of drug-likeness (QED) is 0.673. The molecule has 6 nitrogen and oxygen atoms in total. The molecule has 29 heavy (non-hydrogen) atoms. The molecule has 1 aliphatic heterocycles. The fraction of sp³-hybridized carbons (Fsp3) is 0.261. The molecule has 1 amide bonds. The SMILES string of the molecule is CN(C(=O)c1cnc(N2CCN(Cc3ccccc3)CC2)nc1)c1ccccc1. The number of anilines is 2. The van der Waals surface area contributed by atoms with Crippen molar-refractivity contribution in [1.82, 2.24) is 14.9 Å². The normalized spacial score (nSPS) is 14.6. The first-order chi connectivity index (χ1) is 14.2. The van der Waals surface area contributed by atoms with Crippen LogP contribution in [-0.2, 0) is 6.54 Å². The maximum Gasteiger partial charge on any atom is 0.261 e. The van der Waals surface area contributed by atoms with Crippen molar-refractivity contribution in [2.24, 2.45) is 0 Å². The molecule has 148 valence electrons. The smallest absolute Gasteiger partial charge is 0.261 e. The minimum absolute atomic E-state index is 0.115. The summed E-state index contributed by atoms with van der Waals surface area (Å²) >= 11 is 0. The number of carbonyl (C=O) groups excluding carboxylic acids is 1. The van der Waals surface area contributed by atoms with Crippen LogP contribution in [0.25, 0.3) is 0 Å². The highest BCUT2D eigenvalue weighted by Crippen LogP contribution is 2.16. The summed E-state index contributed by atoms with van der Waals surface area (Å²) < 4.78 is 0. The predicted octanol–water partition coefficient (Wildman–Crippen LogP) is 3.08. The van der Waals surface area contributed by atoms with Crippen LogP contribution >= 0.6 is 0 Å². The molecule has 2 aromatic carbocycles. The molecule has 0 bridgehead atoms. The van der Waals surface area contributed by atoms with Gasteiger partial charge in [0.25, 0.3) is 5.91 Å². The summed E-state index contributed by atoms with van der Waals surface area (Å²) in [6.07, 6.45) is 3.25. The topological polar surface area (TPSA) is 52.6 Å². The minimum atomic E-state index is -0.115. The van der Waals surface area contributed by atoms with Gasteiger partial charge in [0, 0.05) is 57.9 Å². The fourth-order valence-corrected chi connectivity index (χ4v) is 3.51. The standard InChI is InChI=1S/C23H25N5O/c1-26(21-10-6-3-7-11-21)22(29)20-16-24-23(25-17-20)28-14-12-27(13-15-28)18-19-8-4-2-5-9-19/h2-11,16-17H,12-15,18H2,1H3. The minimum Gasteiger partial charge on any atom is -0.338 e. The number of benzene rings is 2. The van der Waals surface area contributed by atoms with E-state index in [1.165, 1.54) is 5.56 Å². The Balaban J connectivity index is 1.34. The van der Waals surface area contributed by atoms with Crippen molar-refractivity contribution in [3.05, 3.63) is 84.2 Å². The number of nitrogens with zero attached hydrogens (tertiary/aromatic N) is 5. The zero-order valence-corrected chi connectivity index (χ0v) is 16.6. The molecule has 0 unspecified atom stereocenters. The van der Waals surface area contributed by atoms with Gasteiger partial charge in [-0.2, -0.15) is 0 Å². The number of piperazine rings is 1. The number of carbonyl (C=O) groups is 1. The Labute approximate surface area is 171 Å². The van der Waals surface area contributed by atoms with E-state index in [4.69, 9.17) is 0 Å². The molecule has 6 heteroatoms. The molecule has 1 aliphatic rings. The fourth-order valence-electron chi connectivity index (χ4n) is 3.51. The maximum atomic E-state index is 12.7. The Bertz CT molecular complexity index is 923. The second-order valence-electron chi connectivity index (χ2n) is 7.22. The summed E-state index contributed by atoms with van der Waals surface area (Å²) in [5.74, 6) is 0.568. The number of aromatic nitrogens is 2. The van der Waals surface area contributed by atoms with E-state index in [0.717, 1.165) is 38.4 Å². The Kier molecular flexibility index (Phi) is 5.81. The molecule has 1 fully saturated rings. The molecule has 1 saturated heterocycles. The van der Waals surface area contributed by atoms with Crippen molar-refractivity contribution in [2.75, 3.05) is 43.0 Å². The van der Waals surface area contributed by atoms with Crippen LogP contribution in [0.3, 0.4) is 0 Å². The molecule has 1 aromatic heterocycles. The van der Waals surface area contributed by atoms with Gasteiger partial charge in [0.05, 0.1) is 5.56 Å². The first kappa shape index (κ1) is 19.1. The average Bonchev–Trinajstić information content (AvgIpc) is 2.80. The van der Waals surface area contributed by atoms with Gasteiger partial charge in [-0.1, -0.05) is 48.5 Å². The monoisotopic (exact) mass is 387 g/mol. The van der Waals surface area contributed by atoms with E-state index >= 15 is 0 Å². The third-order valence-corrected chi connectivity index (χ3v) is 5.24. The lowest BCUT2D eigenvalue weighted by molar-refractivity contribution is 0.0992. The van der Waals surface area contributed by atoms with Crippen molar-refractivity contribution in [3.63, 3.8) is 0 Å². The summed E-state index contributed by atoms with van der Waals surface area (Å²) in [6.45, 7) is 4.66. The van der Waals surface area contributed by atoms with E-state index in [1.54, 1.807) is 24.3 Å². The van der Waals surface area contributed by atoms with Crippen molar-refractivity contribution >= 4 is 17.5 Å². The number of para-hydroxylation sites is 1. The van der Waals surface area contributed by atoms with Gasteiger partial charge >= 0.3 is 0 Å². The van der Waals surface area contributed by atoms with Crippen molar-refractivity contribution in [2.45, 2.75) is 6.54 Å².